The number of hydrogen-bond acceptors (Lipinski definition) is 4. The summed E-state index contributed by atoms with van der Waals surface area (Å²) in [5.41, 5.74) is 3.13. The second-order valence-corrected chi connectivity index (χ2v) is 8.26. The van der Waals surface area contributed by atoms with E-state index in [1.165, 1.54) is 11.3 Å². The summed E-state index contributed by atoms with van der Waals surface area (Å²) in [7, 11) is 0. The van der Waals surface area contributed by atoms with Crippen molar-refractivity contribution in [2.45, 2.75) is 45.0 Å². The highest BCUT2D eigenvalue weighted by atomic mass is 32.1. The first-order chi connectivity index (χ1) is 13.8. The maximum absolute atomic E-state index is 14.0. The Bertz CT molecular complexity index is 988. The molecule has 0 spiro atoms. The SMILES string of the molecule is Cc1cc(CCC(=O)O)ccc1OCC1=C(c2ccc(C#N)s2)CCC(F)(F)C1. The van der Waals surface area contributed by atoms with Crippen LogP contribution in [-0.4, -0.2) is 23.6 Å². The molecule has 3 rings (SSSR count). The van der Waals surface area contributed by atoms with Crippen molar-refractivity contribution >= 4 is 22.9 Å². The van der Waals surface area contributed by atoms with Crippen LogP contribution >= 0.6 is 11.3 Å². The number of hydrogen-bond donors (Lipinski definition) is 1. The van der Waals surface area contributed by atoms with E-state index in [9.17, 15) is 13.6 Å². The number of nitriles is 1. The number of alkyl halides is 2. The molecule has 1 heterocycles. The van der Waals surface area contributed by atoms with Gasteiger partial charge in [-0.1, -0.05) is 12.1 Å². The van der Waals surface area contributed by atoms with E-state index in [1.807, 2.05) is 19.1 Å². The zero-order valence-electron chi connectivity index (χ0n) is 16.0. The largest absolute Gasteiger partial charge is 0.489 e. The molecular weight excluding hydrogens is 396 g/mol. The fourth-order valence-electron chi connectivity index (χ4n) is 3.43. The molecule has 1 aromatic heterocycles. The zero-order valence-corrected chi connectivity index (χ0v) is 16.8. The number of carboxylic acids is 1. The first-order valence-electron chi connectivity index (χ1n) is 9.30. The molecule has 0 aliphatic heterocycles. The maximum Gasteiger partial charge on any atom is 0.303 e. The van der Waals surface area contributed by atoms with Gasteiger partial charge in [0, 0.05) is 24.1 Å². The first-order valence-corrected chi connectivity index (χ1v) is 10.1. The fourth-order valence-corrected chi connectivity index (χ4v) is 4.36. The van der Waals surface area contributed by atoms with Gasteiger partial charge in [-0.25, -0.2) is 8.78 Å². The van der Waals surface area contributed by atoms with Crippen molar-refractivity contribution in [1.29, 1.82) is 5.26 Å². The molecule has 1 aliphatic carbocycles. The molecule has 1 aliphatic rings. The van der Waals surface area contributed by atoms with Crippen LogP contribution in [0, 0.1) is 18.3 Å². The number of halogens is 2. The number of aliphatic carboxylic acids is 1. The molecule has 0 fully saturated rings. The molecule has 0 amide bonds. The topological polar surface area (TPSA) is 70.3 Å². The van der Waals surface area contributed by atoms with E-state index in [2.05, 4.69) is 6.07 Å². The smallest absolute Gasteiger partial charge is 0.303 e. The predicted octanol–water partition coefficient (Wildman–Crippen LogP) is 5.60. The van der Waals surface area contributed by atoms with E-state index in [0.717, 1.165) is 21.6 Å². The van der Waals surface area contributed by atoms with Gasteiger partial charge in [-0.15, -0.1) is 11.3 Å². The van der Waals surface area contributed by atoms with E-state index in [1.54, 1.807) is 18.2 Å². The number of ether oxygens (including phenoxy) is 1. The van der Waals surface area contributed by atoms with Crippen molar-refractivity contribution in [3.8, 4) is 11.8 Å². The molecule has 29 heavy (non-hydrogen) atoms. The highest BCUT2D eigenvalue weighted by Gasteiger charge is 2.36. The Balaban J connectivity index is 1.78. The summed E-state index contributed by atoms with van der Waals surface area (Å²) < 4.78 is 33.9. The normalized spacial score (nSPS) is 15.8. The summed E-state index contributed by atoms with van der Waals surface area (Å²) in [6, 6.07) is 11.0. The number of rotatable bonds is 7. The Morgan fingerprint density at radius 3 is 2.79 bits per heavy atom. The number of benzene rings is 1. The summed E-state index contributed by atoms with van der Waals surface area (Å²) >= 11 is 1.31. The van der Waals surface area contributed by atoms with E-state index < -0.39 is 11.9 Å². The second kappa shape index (κ2) is 8.75. The Kier molecular flexibility index (Phi) is 6.33. The summed E-state index contributed by atoms with van der Waals surface area (Å²) in [5.74, 6) is -3.02. The number of aryl methyl sites for hydroxylation is 2. The van der Waals surface area contributed by atoms with Crippen LogP contribution in [0.1, 0.15) is 46.6 Å². The Morgan fingerprint density at radius 2 is 2.14 bits per heavy atom. The van der Waals surface area contributed by atoms with Crippen LogP contribution in [-0.2, 0) is 11.2 Å². The summed E-state index contributed by atoms with van der Waals surface area (Å²) in [5, 5.41) is 17.8. The lowest BCUT2D eigenvalue weighted by Gasteiger charge is -2.27. The molecule has 7 heteroatoms. The highest BCUT2D eigenvalue weighted by molar-refractivity contribution is 7.13. The van der Waals surface area contributed by atoms with Gasteiger partial charge in [0.15, 0.2) is 0 Å². The molecule has 0 bridgehead atoms. The lowest BCUT2D eigenvalue weighted by molar-refractivity contribution is -0.136. The summed E-state index contributed by atoms with van der Waals surface area (Å²) in [4.78, 5) is 12.1. The van der Waals surface area contributed by atoms with Crippen LogP contribution in [0.15, 0.2) is 35.9 Å². The lowest BCUT2D eigenvalue weighted by Crippen LogP contribution is -2.24. The van der Waals surface area contributed by atoms with Crippen LogP contribution in [0.5, 0.6) is 5.75 Å². The van der Waals surface area contributed by atoms with E-state index in [-0.39, 0.29) is 32.3 Å². The molecule has 0 atom stereocenters. The Morgan fingerprint density at radius 1 is 1.34 bits per heavy atom. The van der Waals surface area contributed by atoms with Crippen LogP contribution in [0.25, 0.3) is 5.57 Å². The van der Waals surface area contributed by atoms with Gasteiger partial charge in [0.1, 0.15) is 23.3 Å². The third-order valence-electron chi connectivity index (χ3n) is 4.92. The van der Waals surface area contributed by atoms with Gasteiger partial charge in [-0.05, 0) is 60.2 Å². The minimum atomic E-state index is -2.76. The van der Waals surface area contributed by atoms with Crippen LogP contribution in [0.3, 0.4) is 0 Å². The van der Waals surface area contributed by atoms with Gasteiger partial charge in [-0.2, -0.15) is 5.26 Å². The van der Waals surface area contributed by atoms with Gasteiger partial charge in [-0.3, -0.25) is 4.79 Å². The average molecular weight is 417 g/mol. The Hall–Kier alpha value is -2.72. The molecule has 0 saturated carbocycles. The molecule has 152 valence electrons. The van der Waals surface area contributed by atoms with Gasteiger partial charge in [0.05, 0.1) is 0 Å². The molecule has 0 radical (unpaired) electrons. The third kappa shape index (κ3) is 5.42. The number of allylic oxidation sites excluding steroid dienone is 1. The first kappa shape index (κ1) is 21.0. The van der Waals surface area contributed by atoms with Crippen molar-refractivity contribution < 1.29 is 23.4 Å². The third-order valence-corrected chi connectivity index (χ3v) is 5.97. The van der Waals surface area contributed by atoms with Gasteiger partial charge in [0.25, 0.3) is 5.92 Å². The minimum absolute atomic E-state index is 0.0521. The highest BCUT2D eigenvalue weighted by Crippen LogP contribution is 2.42. The zero-order chi connectivity index (χ0) is 21.0. The van der Waals surface area contributed by atoms with Crippen molar-refractivity contribution in [1.82, 2.24) is 0 Å². The summed E-state index contributed by atoms with van der Waals surface area (Å²) in [6.45, 7) is 1.91. The second-order valence-electron chi connectivity index (χ2n) is 7.17. The van der Waals surface area contributed by atoms with Crippen LogP contribution in [0.2, 0.25) is 0 Å². The van der Waals surface area contributed by atoms with Crippen molar-refractivity contribution in [2.75, 3.05) is 6.61 Å². The van der Waals surface area contributed by atoms with Crippen molar-refractivity contribution in [2.24, 2.45) is 0 Å². The van der Waals surface area contributed by atoms with Crippen LogP contribution < -0.4 is 4.74 Å². The molecule has 1 aromatic carbocycles. The molecular formula is C22H21F2NO3S. The standard InChI is InChI=1S/C22H21F2NO3S/c1-14-10-15(3-7-21(26)27)2-5-19(14)28-13-16-11-22(23,24)9-8-18(16)20-6-4-17(12-25)29-20/h2,4-6,10H,3,7-9,11,13H2,1H3,(H,26,27). The van der Waals surface area contributed by atoms with E-state index in [0.29, 0.717) is 22.6 Å². The molecule has 1 N–H and O–H groups in total. The Labute approximate surface area is 172 Å². The molecule has 2 aromatic rings. The lowest BCUT2D eigenvalue weighted by atomic mass is 9.88. The fraction of sp³-hybridized carbons (Fsp3) is 0.364. The van der Waals surface area contributed by atoms with E-state index in [4.69, 9.17) is 15.1 Å². The van der Waals surface area contributed by atoms with Crippen molar-refractivity contribution in [3.05, 3.63) is 56.8 Å². The molecule has 0 saturated heterocycles. The van der Waals surface area contributed by atoms with Gasteiger partial charge < -0.3 is 9.84 Å². The number of carboxylic acid groups (broad SMARTS) is 1. The van der Waals surface area contributed by atoms with E-state index >= 15 is 0 Å². The van der Waals surface area contributed by atoms with Gasteiger partial charge in [0.2, 0.25) is 0 Å². The molecule has 4 nitrogen and oxygen atoms in total. The number of nitrogens with zero attached hydrogens (tertiary/aromatic N) is 1. The number of carbonyl (C=O) groups is 1. The number of thiophene rings is 1. The quantitative estimate of drug-likeness (QED) is 0.637. The predicted molar refractivity (Wildman–Crippen MR) is 107 cm³/mol. The minimum Gasteiger partial charge on any atom is -0.489 e. The maximum atomic E-state index is 14.0. The van der Waals surface area contributed by atoms with Crippen LogP contribution in [0.4, 0.5) is 8.78 Å². The monoisotopic (exact) mass is 417 g/mol. The molecule has 0 unspecified atom stereocenters. The van der Waals surface area contributed by atoms with Gasteiger partial charge >= 0.3 is 5.97 Å². The van der Waals surface area contributed by atoms with Crippen molar-refractivity contribution in [3.63, 3.8) is 0 Å². The average Bonchev–Trinajstić information content (AvgIpc) is 3.14. The summed E-state index contributed by atoms with van der Waals surface area (Å²) in [6.07, 6.45) is 0.180.